The number of halogens is 2. The van der Waals surface area contributed by atoms with Crippen molar-refractivity contribution in [2.45, 2.75) is 25.0 Å². The van der Waals surface area contributed by atoms with Gasteiger partial charge in [0.15, 0.2) is 0 Å². The van der Waals surface area contributed by atoms with Gasteiger partial charge in [-0.2, -0.15) is 0 Å². The summed E-state index contributed by atoms with van der Waals surface area (Å²) in [5, 5.41) is 22.5. The highest BCUT2D eigenvalue weighted by atomic mass is 35.5. The first-order chi connectivity index (χ1) is 16.1. The second kappa shape index (κ2) is 11.4. The molecule has 0 saturated heterocycles. The molecule has 34 heavy (non-hydrogen) atoms. The van der Waals surface area contributed by atoms with E-state index in [4.69, 9.17) is 28.3 Å². The molecule has 0 saturated carbocycles. The standard InChI is InChI=1S/C22H21Cl2N5O4S/c1-11(2)18(26-20(31)15-7-6-13(23)9-16(15)24)19-27-22(29-28-19)34-10-17(30)25-14-5-3-4-12(8-14)21(32)33/h3-9,11,18H,10H2,1-2H3,(H,25,30)(H,26,31)(H,32,33)(H,27,28,29)/t18-/m0/s1. The predicted molar refractivity (Wildman–Crippen MR) is 131 cm³/mol. The van der Waals surface area contributed by atoms with Crippen molar-refractivity contribution in [3.63, 3.8) is 0 Å². The van der Waals surface area contributed by atoms with Crippen molar-refractivity contribution in [1.29, 1.82) is 0 Å². The molecule has 2 aromatic carbocycles. The van der Waals surface area contributed by atoms with Gasteiger partial charge in [-0.15, -0.1) is 5.10 Å². The summed E-state index contributed by atoms with van der Waals surface area (Å²) in [6.07, 6.45) is 0. The summed E-state index contributed by atoms with van der Waals surface area (Å²) in [4.78, 5) is 40.4. The van der Waals surface area contributed by atoms with E-state index in [0.29, 0.717) is 21.7 Å². The van der Waals surface area contributed by atoms with Crippen LogP contribution in [0.5, 0.6) is 0 Å². The molecule has 1 aromatic heterocycles. The number of benzene rings is 2. The Kier molecular flexibility index (Phi) is 8.54. The maximum absolute atomic E-state index is 12.7. The van der Waals surface area contributed by atoms with Crippen LogP contribution in [0.3, 0.4) is 0 Å². The summed E-state index contributed by atoms with van der Waals surface area (Å²) in [6, 6.07) is 10.1. The van der Waals surface area contributed by atoms with E-state index < -0.39 is 12.0 Å². The third-order valence-corrected chi connectivity index (χ3v) is 6.03. The lowest BCUT2D eigenvalue weighted by atomic mass is 10.0. The van der Waals surface area contributed by atoms with Gasteiger partial charge < -0.3 is 15.7 Å². The predicted octanol–water partition coefficient (Wildman–Crippen LogP) is 4.67. The first-order valence-electron chi connectivity index (χ1n) is 10.1. The van der Waals surface area contributed by atoms with Crippen molar-refractivity contribution in [3.8, 4) is 0 Å². The number of aromatic carboxylic acids is 1. The molecule has 1 heterocycles. The molecule has 0 spiro atoms. The lowest BCUT2D eigenvalue weighted by Crippen LogP contribution is -2.32. The van der Waals surface area contributed by atoms with Gasteiger partial charge in [0.2, 0.25) is 11.1 Å². The summed E-state index contributed by atoms with van der Waals surface area (Å²) >= 11 is 13.1. The van der Waals surface area contributed by atoms with E-state index in [1.807, 2.05) is 13.8 Å². The molecule has 0 bridgehead atoms. The van der Waals surface area contributed by atoms with Gasteiger partial charge in [-0.3, -0.25) is 14.7 Å². The van der Waals surface area contributed by atoms with Crippen LogP contribution in [-0.4, -0.2) is 43.8 Å². The minimum Gasteiger partial charge on any atom is -0.478 e. The molecule has 2 amide bonds. The fourth-order valence-corrected chi connectivity index (χ4v) is 4.06. The van der Waals surface area contributed by atoms with Crippen LogP contribution in [0.15, 0.2) is 47.6 Å². The normalized spacial score (nSPS) is 11.8. The monoisotopic (exact) mass is 521 g/mol. The molecule has 4 N–H and O–H groups in total. The third-order valence-electron chi connectivity index (χ3n) is 4.63. The molecule has 12 heteroatoms. The average molecular weight is 522 g/mol. The smallest absolute Gasteiger partial charge is 0.335 e. The first kappa shape index (κ1) is 25.5. The molecular weight excluding hydrogens is 501 g/mol. The topological polar surface area (TPSA) is 137 Å². The Morgan fingerprint density at radius 3 is 2.59 bits per heavy atom. The molecule has 1 atom stereocenters. The molecule has 0 fully saturated rings. The number of hydrogen-bond acceptors (Lipinski definition) is 6. The molecular formula is C22H21Cl2N5O4S. The number of thioether (sulfide) groups is 1. The van der Waals surface area contributed by atoms with Gasteiger partial charge >= 0.3 is 5.97 Å². The van der Waals surface area contributed by atoms with Gasteiger partial charge in [-0.1, -0.05) is 54.9 Å². The number of aromatic nitrogens is 3. The Bertz CT molecular complexity index is 1220. The van der Waals surface area contributed by atoms with Gasteiger partial charge in [-0.05, 0) is 42.3 Å². The number of rotatable bonds is 9. The highest BCUT2D eigenvalue weighted by Gasteiger charge is 2.24. The second-order valence-electron chi connectivity index (χ2n) is 7.55. The number of anilines is 1. The van der Waals surface area contributed by atoms with Crippen LogP contribution in [0.4, 0.5) is 5.69 Å². The van der Waals surface area contributed by atoms with Gasteiger partial charge in [0.05, 0.1) is 27.9 Å². The van der Waals surface area contributed by atoms with Crippen LogP contribution in [0.2, 0.25) is 10.0 Å². The lowest BCUT2D eigenvalue weighted by molar-refractivity contribution is -0.113. The Balaban J connectivity index is 1.62. The van der Waals surface area contributed by atoms with E-state index in [0.717, 1.165) is 11.8 Å². The van der Waals surface area contributed by atoms with E-state index in [1.165, 1.54) is 18.2 Å². The number of carbonyl (C=O) groups is 3. The van der Waals surface area contributed by atoms with Crippen molar-refractivity contribution in [1.82, 2.24) is 20.5 Å². The van der Waals surface area contributed by atoms with Crippen molar-refractivity contribution in [2.24, 2.45) is 5.92 Å². The minimum absolute atomic E-state index is 0.00762. The molecule has 3 rings (SSSR count). The fourth-order valence-electron chi connectivity index (χ4n) is 2.96. The van der Waals surface area contributed by atoms with Gasteiger partial charge in [0.25, 0.3) is 5.91 Å². The number of carboxylic acid groups (broad SMARTS) is 1. The maximum Gasteiger partial charge on any atom is 0.335 e. The number of nitrogens with one attached hydrogen (secondary N) is 3. The van der Waals surface area contributed by atoms with Crippen LogP contribution in [-0.2, 0) is 4.79 Å². The van der Waals surface area contributed by atoms with Crippen LogP contribution in [0.25, 0.3) is 0 Å². The molecule has 0 aliphatic heterocycles. The molecule has 3 aromatic rings. The Labute approximate surface area is 209 Å². The molecule has 0 unspecified atom stereocenters. The SMILES string of the molecule is CC(C)[C@H](NC(=O)c1ccc(Cl)cc1Cl)c1nc(SCC(=O)Nc2cccc(C(=O)O)c2)n[nH]1. The molecule has 178 valence electrons. The zero-order chi connectivity index (χ0) is 24.8. The summed E-state index contributed by atoms with van der Waals surface area (Å²) < 4.78 is 0. The fraction of sp³-hybridized carbons (Fsp3) is 0.227. The number of H-pyrrole nitrogens is 1. The van der Waals surface area contributed by atoms with Gasteiger partial charge in [0.1, 0.15) is 5.82 Å². The average Bonchev–Trinajstić information content (AvgIpc) is 3.24. The lowest BCUT2D eigenvalue weighted by Gasteiger charge is -2.20. The number of carboxylic acids is 1. The summed E-state index contributed by atoms with van der Waals surface area (Å²) in [5.74, 6) is -1.38. The van der Waals surface area contributed by atoms with E-state index in [2.05, 4.69) is 25.8 Å². The van der Waals surface area contributed by atoms with Crippen molar-refractivity contribution < 1.29 is 19.5 Å². The highest BCUT2D eigenvalue weighted by Crippen LogP contribution is 2.25. The zero-order valence-corrected chi connectivity index (χ0v) is 20.5. The van der Waals surface area contributed by atoms with E-state index in [-0.39, 0.29) is 39.6 Å². The largest absolute Gasteiger partial charge is 0.478 e. The van der Waals surface area contributed by atoms with Crippen LogP contribution < -0.4 is 10.6 Å². The number of amides is 2. The van der Waals surface area contributed by atoms with E-state index in [9.17, 15) is 14.4 Å². The quantitative estimate of drug-likeness (QED) is 0.300. The van der Waals surface area contributed by atoms with Crippen LogP contribution in [0.1, 0.15) is 46.4 Å². The van der Waals surface area contributed by atoms with Crippen LogP contribution in [0, 0.1) is 5.92 Å². The zero-order valence-electron chi connectivity index (χ0n) is 18.1. The van der Waals surface area contributed by atoms with Crippen molar-refractivity contribution in [3.05, 3.63) is 69.5 Å². The summed E-state index contributed by atoms with van der Waals surface area (Å²) in [6.45, 7) is 3.84. The second-order valence-corrected chi connectivity index (χ2v) is 9.33. The molecule has 9 nitrogen and oxygen atoms in total. The summed E-state index contributed by atoms with van der Waals surface area (Å²) in [7, 11) is 0. The number of aromatic amines is 1. The van der Waals surface area contributed by atoms with Gasteiger partial charge in [0, 0.05) is 10.7 Å². The van der Waals surface area contributed by atoms with Crippen molar-refractivity contribution >= 4 is 58.4 Å². The first-order valence-corrected chi connectivity index (χ1v) is 11.8. The Morgan fingerprint density at radius 1 is 1.15 bits per heavy atom. The maximum atomic E-state index is 12.7. The van der Waals surface area contributed by atoms with Crippen LogP contribution >= 0.6 is 35.0 Å². The summed E-state index contributed by atoms with van der Waals surface area (Å²) in [5.41, 5.74) is 0.741. The molecule has 0 aliphatic rings. The van der Waals surface area contributed by atoms with Gasteiger partial charge in [-0.25, -0.2) is 9.78 Å². The van der Waals surface area contributed by atoms with E-state index in [1.54, 1.807) is 24.3 Å². The number of hydrogen-bond donors (Lipinski definition) is 4. The Morgan fingerprint density at radius 2 is 1.91 bits per heavy atom. The molecule has 0 aliphatic carbocycles. The number of carbonyl (C=O) groups excluding carboxylic acids is 2. The third kappa shape index (κ3) is 6.72. The number of nitrogens with zero attached hydrogens (tertiary/aromatic N) is 2. The minimum atomic E-state index is -1.08. The Hall–Kier alpha value is -3.08. The highest BCUT2D eigenvalue weighted by molar-refractivity contribution is 7.99. The van der Waals surface area contributed by atoms with Crippen molar-refractivity contribution in [2.75, 3.05) is 11.1 Å². The van der Waals surface area contributed by atoms with E-state index >= 15 is 0 Å². The molecule has 0 radical (unpaired) electrons.